The second-order valence-corrected chi connectivity index (χ2v) is 6.69. The summed E-state index contributed by atoms with van der Waals surface area (Å²) in [5.74, 6) is 0.239. The van der Waals surface area contributed by atoms with Gasteiger partial charge < -0.3 is 9.64 Å². The number of halogens is 2. The van der Waals surface area contributed by atoms with E-state index in [9.17, 15) is 4.79 Å². The van der Waals surface area contributed by atoms with Crippen molar-refractivity contribution < 1.29 is 14.4 Å². The van der Waals surface area contributed by atoms with Gasteiger partial charge in [-0.2, -0.15) is 0 Å². The standard InChI is InChI=1S/C14H17Br2NO2/c15-13(11-4-2-1-3-5-11)14(16)12(18)10-17-6-8-19-9-7-17/h1-5,13-14H,6-10H2/p+1/t13-,14-/m1/s1. The van der Waals surface area contributed by atoms with Gasteiger partial charge in [0.2, 0.25) is 5.78 Å². The minimum atomic E-state index is -0.190. The van der Waals surface area contributed by atoms with Crippen molar-refractivity contribution in [2.24, 2.45) is 0 Å². The molecule has 1 heterocycles. The van der Waals surface area contributed by atoms with Gasteiger partial charge in [-0.3, -0.25) is 4.79 Å². The van der Waals surface area contributed by atoms with Crippen LogP contribution in [-0.4, -0.2) is 43.5 Å². The van der Waals surface area contributed by atoms with E-state index in [0.29, 0.717) is 6.54 Å². The molecule has 1 fully saturated rings. The number of alkyl halides is 2. The lowest BCUT2D eigenvalue weighted by Gasteiger charge is -2.25. The lowest BCUT2D eigenvalue weighted by molar-refractivity contribution is -0.900. The van der Waals surface area contributed by atoms with E-state index in [4.69, 9.17) is 4.74 Å². The average Bonchev–Trinajstić information content (AvgIpc) is 2.47. The van der Waals surface area contributed by atoms with Crippen molar-refractivity contribution in [1.29, 1.82) is 0 Å². The third kappa shape index (κ3) is 4.38. The number of rotatable bonds is 5. The third-order valence-corrected chi connectivity index (χ3v) is 6.11. The van der Waals surface area contributed by atoms with E-state index in [0.717, 1.165) is 31.9 Å². The number of hydrogen-bond donors (Lipinski definition) is 1. The Kier molecular flexibility index (Phi) is 6.01. The quantitative estimate of drug-likeness (QED) is 0.768. The van der Waals surface area contributed by atoms with E-state index in [-0.39, 0.29) is 15.4 Å². The Hall–Kier alpha value is -0.230. The first-order chi connectivity index (χ1) is 9.18. The molecule has 1 aliphatic heterocycles. The van der Waals surface area contributed by atoms with Gasteiger partial charge in [-0.05, 0) is 5.56 Å². The molecule has 0 spiro atoms. The van der Waals surface area contributed by atoms with Crippen LogP contribution in [0.5, 0.6) is 0 Å². The van der Waals surface area contributed by atoms with E-state index < -0.39 is 0 Å². The molecule has 0 radical (unpaired) electrons. The van der Waals surface area contributed by atoms with Gasteiger partial charge in [0.25, 0.3) is 0 Å². The van der Waals surface area contributed by atoms with Crippen molar-refractivity contribution >= 4 is 37.6 Å². The molecule has 2 atom stereocenters. The van der Waals surface area contributed by atoms with Gasteiger partial charge in [0.05, 0.1) is 22.9 Å². The molecule has 0 aliphatic carbocycles. The molecule has 19 heavy (non-hydrogen) atoms. The second-order valence-electron chi connectivity index (χ2n) is 4.72. The average molecular weight is 392 g/mol. The highest BCUT2D eigenvalue weighted by Gasteiger charge is 2.28. The van der Waals surface area contributed by atoms with Gasteiger partial charge in [0.1, 0.15) is 19.6 Å². The number of ketones is 1. The number of hydrogen-bond acceptors (Lipinski definition) is 2. The Morgan fingerprint density at radius 2 is 1.84 bits per heavy atom. The highest BCUT2D eigenvalue weighted by Crippen LogP contribution is 2.31. The molecule has 1 saturated heterocycles. The van der Waals surface area contributed by atoms with Crippen LogP contribution in [0.2, 0.25) is 0 Å². The smallest absolute Gasteiger partial charge is 0.201 e. The van der Waals surface area contributed by atoms with Crippen LogP contribution in [0, 0.1) is 0 Å². The van der Waals surface area contributed by atoms with E-state index in [1.165, 1.54) is 4.90 Å². The van der Waals surface area contributed by atoms with Gasteiger partial charge in [-0.15, -0.1) is 0 Å². The van der Waals surface area contributed by atoms with Crippen LogP contribution >= 0.6 is 31.9 Å². The normalized spacial score (nSPS) is 19.9. The summed E-state index contributed by atoms with van der Waals surface area (Å²) < 4.78 is 5.31. The van der Waals surface area contributed by atoms with Crippen LogP contribution in [0.4, 0.5) is 0 Å². The highest BCUT2D eigenvalue weighted by atomic mass is 79.9. The molecule has 5 heteroatoms. The van der Waals surface area contributed by atoms with Crippen molar-refractivity contribution in [3.8, 4) is 0 Å². The summed E-state index contributed by atoms with van der Waals surface area (Å²) in [6.45, 7) is 3.92. The first-order valence-electron chi connectivity index (χ1n) is 6.45. The summed E-state index contributed by atoms with van der Waals surface area (Å²) in [6, 6.07) is 10.0. The number of benzene rings is 1. The largest absolute Gasteiger partial charge is 0.370 e. The molecule has 0 aromatic heterocycles. The molecule has 0 unspecified atom stereocenters. The zero-order valence-electron chi connectivity index (χ0n) is 10.6. The van der Waals surface area contributed by atoms with E-state index in [1.807, 2.05) is 30.3 Å². The molecule has 1 N–H and O–H groups in total. The fourth-order valence-corrected chi connectivity index (χ4v) is 3.22. The van der Waals surface area contributed by atoms with Crippen LogP contribution in [0.3, 0.4) is 0 Å². The molecule has 0 saturated carbocycles. The van der Waals surface area contributed by atoms with Crippen LogP contribution in [0.1, 0.15) is 10.4 Å². The molecule has 1 aliphatic rings. The Bertz CT molecular complexity index is 407. The molecule has 3 nitrogen and oxygen atoms in total. The number of Topliss-reactive ketones (excluding diaryl/α,β-unsaturated/α-hetero) is 1. The van der Waals surface area contributed by atoms with Gasteiger partial charge in [0, 0.05) is 0 Å². The maximum Gasteiger partial charge on any atom is 0.201 e. The van der Waals surface area contributed by atoms with E-state index >= 15 is 0 Å². The van der Waals surface area contributed by atoms with Crippen LogP contribution in [0.25, 0.3) is 0 Å². The van der Waals surface area contributed by atoms with Gasteiger partial charge in [-0.1, -0.05) is 62.2 Å². The van der Waals surface area contributed by atoms with E-state index in [2.05, 4.69) is 31.9 Å². The number of quaternary nitrogens is 1. The lowest BCUT2D eigenvalue weighted by Crippen LogP contribution is -3.15. The maximum absolute atomic E-state index is 12.3. The van der Waals surface area contributed by atoms with Crippen LogP contribution in [0.15, 0.2) is 30.3 Å². The van der Waals surface area contributed by atoms with E-state index in [1.54, 1.807) is 0 Å². The number of ether oxygens (including phenoxy) is 1. The fourth-order valence-electron chi connectivity index (χ4n) is 2.15. The van der Waals surface area contributed by atoms with Crippen molar-refractivity contribution in [3.63, 3.8) is 0 Å². The maximum atomic E-state index is 12.3. The minimum Gasteiger partial charge on any atom is -0.370 e. The van der Waals surface area contributed by atoms with Crippen molar-refractivity contribution in [2.45, 2.75) is 9.65 Å². The summed E-state index contributed by atoms with van der Waals surface area (Å²) in [6.07, 6.45) is 0. The summed E-state index contributed by atoms with van der Waals surface area (Å²) in [5, 5.41) is 0. The summed E-state index contributed by atoms with van der Waals surface area (Å²) in [4.78, 5) is 13.4. The van der Waals surface area contributed by atoms with Crippen molar-refractivity contribution in [3.05, 3.63) is 35.9 Å². The first-order valence-corrected chi connectivity index (χ1v) is 8.28. The third-order valence-electron chi connectivity index (χ3n) is 3.31. The lowest BCUT2D eigenvalue weighted by atomic mass is 10.1. The monoisotopic (exact) mass is 390 g/mol. The number of carbonyl (C=O) groups excluding carboxylic acids is 1. The number of nitrogens with one attached hydrogen (secondary N) is 1. The Labute approximate surface area is 130 Å². The van der Waals surface area contributed by atoms with Crippen LogP contribution in [-0.2, 0) is 9.53 Å². The van der Waals surface area contributed by atoms with Crippen molar-refractivity contribution in [1.82, 2.24) is 0 Å². The van der Waals surface area contributed by atoms with Gasteiger partial charge in [0.15, 0.2) is 0 Å². The molecule has 1 aromatic carbocycles. The van der Waals surface area contributed by atoms with Crippen molar-refractivity contribution in [2.75, 3.05) is 32.8 Å². The molecule has 2 rings (SSSR count). The van der Waals surface area contributed by atoms with Gasteiger partial charge >= 0.3 is 0 Å². The second kappa shape index (κ2) is 7.53. The summed E-state index contributed by atoms with van der Waals surface area (Å²) in [5.41, 5.74) is 1.12. The molecule has 104 valence electrons. The Balaban J connectivity index is 1.91. The Morgan fingerprint density at radius 1 is 1.21 bits per heavy atom. The predicted molar refractivity (Wildman–Crippen MR) is 82.2 cm³/mol. The SMILES string of the molecule is O=C(C[NH+]1CCOCC1)[C@@H](Br)[C@H](Br)c1ccccc1. The molecular weight excluding hydrogens is 374 g/mol. The molecule has 0 bridgehead atoms. The molecular formula is C14H18Br2NO2+. The first kappa shape index (κ1) is 15.2. The zero-order chi connectivity index (χ0) is 13.7. The summed E-state index contributed by atoms with van der Waals surface area (Å²) >= 11 is 7.15. The number of morpholine rings is 1. The topological polar surface area (TPSA) is 30.7 Å². The number of carbonyl (C=O) groups is 1. The zero-order valence-corrected chi connectivity index (χ0v) is 13.8. The van der Waals surface area contributed by atoms with Gasteiger partial charge in [-0.25, -0.2) is 0 Å². The summed E-state index contributed by atoms with van der Waals surface area (Å²) in [7, 11) is 0. The predicted octanol–water partition coefficient (Wildman–Crippen LogP) is 1.37. The molecule has 0 amide bonds. The minimum absolute atomic E-state index is 0.0154. The molecule has 1 aromatic rings. The Morgan fingerprint density at radius 3 is 2.47 bits per heavy atom. The fraction of sp³-hybridized carbons (Fsp3) is 0.500. The highest BCUT2D eigenvalue weighted by molar-refractivity contribution is 9.12. The van der Waals surface area contributed by atoms with Crippen LogP contribution < -0.4 is 4.90 Å².